The molecule has 1 aliphatic rings. The Morgan fingerprint density at radius 3 is 2.71 bits per heavy atom. The van der Waals surface area contributed by atoms with E-state index in [4.69, 9.17) is 14.2 Å². The van der Waals surface area contributed by atoms with Crippen LogP contribution in [0.3, 0.4) is 0 Å². The summed E-state index contributed by atoms with van der Waals surface area (Å²) in [6.07, 6.45) is 1.74. The van der Waals surface area contributed by atoms with Crippen molar-refractivity contribution in [1.82, 2.24) is 14.7 Å². The number of amides is 1. The van der Waals surface area contributed by atoms with Crippen molar-refractivity contribution in [2.75, 3.05) is 26.9 Å². The van der Waals surface area contributed by atoms with Crippen LogP contribution >= 0.6 is 0 Å². The quantitative estimate of drug-likeness (QED) is 0.463. The number of nitrogens with zero attached hydrogens (tertiary/aromatic N) is 3. The van der Waals surface area contributed by atoms with Gasteiger partial charge in [0.05, 0.1) is 29.6 Å². The molecular weight excluding hydrogens is 444 g/mol. The zero-order chi connectivity index (χ0) is 24.1. The third-order valence-electron chi connectivity index (χ3n) is 5.66. The fourth-order valence-electron chi connectivity index (χ4n) is 3.93. The highest BCUT2D eigenvalue weighted by molar-refractivity contribution is 5.77. The monoisotopic (exact) mass is 471 g/mol. The van der Waals surface area contributed by atoms with Gasteiger partial charge in [-0.2, -0.15) is 5.10 Å². The van der Waals surface area contributed by atoms with Crippen molar-refractivity contribution in [3.63, 3.8) is 0 Å². The summed E-state index contributed by atoms with van der Waals surface area (Å²) in [6.45, 7) is 2.94. The van der Waals surface area contributed by atoms with E-state index in [1.807, 2.05) is 30.3 Å². The topological polar surface area (TPSA) is 65.8 Å². The Morgan fingerprint density at radius 1 is 1.24 bits per heavy atom. The van der Waals surface area contributed by atoms with Gasteiger partial charge in [-0.1, -0.05) is 18.2 Å². The number of ether oxygens (including phenoxy) is 3. The number of aryl methyl sites for hydroxylation is 1. The molecule has 1 unspecified atom stereocenters. The van der Waals surface area contributed by atoms with Gasteiger partial charge >= 0.3 is 0 Å². The second kappa shape index (κ2) is 10.8. The maximum Gasteiger partial charge on any atom is 0.248 e. The molecule has 1 saturated heterocycles. The molecule has 0 bridgehead atoms. The Bertz CT molecular complexity index is 1130. The SMILES string of the molecule is COCC(=O)N(Cc1c(C)nn(-c2ccccc2)c1Oc1ccc(F)cc1F)CC1CCCO1. The summed E-state index contributed by atoms with van der Waals surface area (Å²) in [6, 6.07) is 12.4. The molecule has 0 aliphatic carbocycles. The van der Waals surface area contributed by atoms with Crippen molar-refractivity contribution in [2.45, 2.75) is 32.4 Å². The molecule has 1 aromatic heterocycles. The smallest absolute Gasteiger partial charge is 0.248 e. The summed E-state index contributed by atoms with van der Waals surface area (Å²) < 4.78 is 46.3. The third kappa shape index (κ3) is 5.43. The number of benzene rings is 2. The summed E-state index contributed by atoms with van der Waals surface area (Å²) in [5.74, 6) is -1.64. The molecule has 1 fully saturated rings. The molecular formula is C25H27F2N3O4. The zero-order valence-electron chi connectivity index (χ0n) is 19.2. The summed E-state index contributed by atoms with van der Waals surface area (Å²) in [5, 5.41) is 4.61. The number of para-hydroxylation sites is 1. The average Bonchev–Trinajstić information content (AvgIpc) is 3.44. The van der Waals surface area contributed by atoms with Crippen LogP contribution in [0, 0.1) is 18.6 Å². The van der Waals surface area contributed by atoms with Gasteiger partial charge in [-0.05, 0) is 44.0 Å². The van der Waals surface area contributed by atoms with Gasteiger partial charge in [-0.15, -0.1) is 0 Å². The van der Waals surface area contributed by atoms with Gasteiger partial charge in [-0.25, -0.2) is 13.5 Å². The van der Waals surface area contributed by atoms with Crippen molar-refractivity contribution in [3.8, 4) is 17.3 Å². The molecule has 4 rings (SSSR count). The Morgan fingerprint density at radius 2 is 2.03 bits per heavy atom. The maximum absolute atomic E-state index is 14.5. The van der Waals surface area contributed by atoms with Gasteiger partial charge in [0.15, 0.2) is 11.6 Å². The predicted octanol–water partition coefficient (Wildman–Crippen LogP) is 4.41. The lowest BCUT2D eigenvalue weighted by atomic mass is 10.2. The van der Waals surface area contributed by atoms with Crippen LogP contribution in [0.1, 0.15) is 24.1 Å². The molecule has 34 heavy (non-hydrogen) atoms. The lowest BCUT2D eigenvalue weighted by Gasteiger charge is -2.25. The minimum Gasteiger partial charge on any atom is -0.435 e. The lowest BCUT2D eigenvalue weighted by molar-refractivity contribution is -0.137. The van der Waals surface area contributed by atoms with E-state index in [0.717, 1.165) is 25.0 Å². The molecule has 0 radical (unpaired) electrons. The highest BCUT2D eigenvalue weighted by Gasteiger charge is 2.27. The van der Waals surface area contributed by atoms with E-state index >= 15 is 0 Å². The van der Waals surface area contributed by atoms with Crippen LogP contribution in [0.2, 0.25) is 0 Å². The van der Waals surface area contributed by atoms with Crippen molar-refractivity contribution >= 4 is 5.91 Å². The summed E-state index contributed by atoms with van der Waals surface area (Å²) in [7, 11) is 1.46. The molecule has 9 heteroatoms. The number of aromatic nitrogens is 2. The average molecular weight is 472 g/mol. The van der Waals surface area contributed by atoms with Crippen LogP contribution in [-0.2, 0) is 20.8 Å². The first-order valence-electron chi connectivity index (χ1n) is 11.1. The summed E-state index contributed by atoms with van der Waals surface area (Å²) >= 11 is 0. The van der Waals surface area contributed by atoms with Crippen LogP contribution in [0.5, 0.6) is 11.6 Å². The number of halogens is 2. The van der Waals surface area contributed by atoms with E-state index in [1.165, 1.54) is 13.2 Å². The maximum atomic E-state index is 14.5. The minimum atomic E-state index is -0.837. The van der Waals surface area contributed by atoms with Crippen molar-refractivity contribution in [3.05, 3.63) is 71.4 Å². The van der Waals surface area contributed by atoms with Crippen molar-refractivity contribution < 1.29 is 27.8 Å². The van der Waals surface area contributed by atoms with Crippen LogP contribution in [0.25, 0.3) is 5.69 Å². The van der Waals surface area contributed by atoms with Gasteiger partial charge in [0.1, 0.15) is 12.4 Å². The lowest BCUT2D eigenvalue weighted by Crippen LogP contribution is -2.39. The number of carbonyl (C=O) groups is 1. The second-order valence-electron chi connectivity index (χ2n) is 8.14. The highest BCUT2D eigenvalue weighted by atomic mass is 19.1. The first-order valence-corrected chi connectivity index (χ1v) is 11.1. The summed E-state index contributed by atoms with van der Waals surface area (Å²) in [5.41, 5.74) is 1.92. The largest absolute Gasteiger partial charge is 0.435 e. The minimum absolute atomic E-state index is 0.0656. The number of hydrogen-bond donors (Lipinski definition) is 0. The van der Waals surface area contributed by atoms with E-state index in [-0.39, 0.29) is 36.8 Å². The molecule has 1 amide bonds. The van der Waals surface area contributed by atoms with E-state index in [2.05, 4.69) is 5.10 Å². The van der Waals surface area contributed by atoms with E-state index in [1.54, 1.807) is 16.5 Å². The van der Waals surface area contributed by atoms with E-state index in [0.29, 0.717) is 30.1 Å². The first kappa shape index (κ1) is 23.8. The molecule has 0 saturated carbocycles. The molecule has 0 N–H and O–H groups in total. The van der Waals surface area contributed by atoms with E-state index in [9.17, 15) is 13.6 Å². The molecule has 1 atom stereocenters. The Kier molecular flexibility index (Phi) is 7.54. The number of methoxy groups -OCH3 is 1. The zero-order valence-corrected chi connectivity index (χ0v) is 19.2. The molecule has 7 nitrogen and oxygen atoms in total. The number of rotatable bonds is 9. The van der Waals surface area contributed by atoms with Gasteiger partial charge in [-0.3, -0.25) is 4.79 Å². The van der Waals surface area contributed by atoms with Gasteiger partial charge < -0.3 is 19.1 Å². The molecule has 0 spiro atoms. The molecule has 2 heterocycles. The Labute approximate surface area is 196 Å². The molecule has 2 aromatic carbocycles. The van der Waals surface area contributed by atoms with Crippen LogP contribution in [-0.4, -0.2) is 53.6 Å². The third-order valence-corrected chi connectivity index (χ3v) is 5.66. The van der Waals surface area contributed by atoms with Crippen LogP contribution < -0.4 is 4.74 Å². The second-order valence-corrected chi connectivity index (χ2v) is 8.14. The summed E-state index contributed by atoms with van der Waals surface area (Å²) in [4.78, 5) is 14.5. The highest BCUT2D eigenvalue weighted by Crippen LogP contribution is 2.33. The van der Waals surface area contributed by atoms with Crippen LogP contribution in [0.4, 0.5) is 8.78 Å². The van der Waals surface area contributed by atoms with Crippen molar-refractivity contribution in [1.29, 1.82) is 0 Å². The first-order chi connectivity index (χ1) is 16.5. The predicted molar refractivity (Wildman–Crippen MR) is 121 cm³/mol. The van der Waals surface area contributed by atoms with Gasteiger partial charge in [0, 0.05) is 26.3 Å². The Hall–Kier alpha value is -3.30. The molecule has 180 valence electrons. The van der Waals surface area contributed by atoms with Crippen molar-refractivity contribution in [2.24, 2.45) is 0 Å². The number of hydrogen-bond acceptors (Lipinski definition) is 5. The normalized spacial score (nSPS) is 15.5. The molecule has 1 aliphatic heterocycles. The van der Waals surface area contributed by atoms with E-state index < -0.39 is 11.6 Å². The Balaban J connectivity index is 1.73. The fourth-order valence-corrected chi connectivity index (χ4v) is 3.93. The standard InChI is InChI=1S/C25H27F2N3O4/c1-17-21(15-29(24(31)16-32-2)14-20-9-6-12-33-20)25(30(28-17)19-7-4-3-5-8-19)34-23-11-10-18(26)13-22(23)27/h3-5,7-8,10-11,13,20H,6,9,12,14-16H2,1-2H3. The number of carbonyl (C=O) groups excluding carboxylic acids is 1. The van der Waals surface area contributed by atoms with Gasteiger partial charge in [0.25, 0.3) is 0 Å². The fraction of sp³-hybridized carbons (Fsp3) is 0.360. The van der Waals surface area contributed by atoms with Gasteiger partial charge in [0.2, 0.25) is 11.8 Å². The molecule has 3 aromatic rings. The van der Waals surface area contributed by atoms with Crippen LogP contribution in [0.15, 0.2) is 48.5 Å².